The first-order valence-corrected chi connectivity index (χ1v) is 6.58. The summed E-state index contributed by atoms with van der Waals surface area (Å²) in [5, 5.41) is 0. The van der Waals surface area contributed by atoms with E-state index >= 15 is 0 Å². The molecule has 1 fully saturated rings. The molecule has 5 heteroatoms. The van der Waals surface area contributed by atoms with Crippen molar-refractivity contribution in [3.63, 3.8) is 0 Å². The van der Waals surface area contributed by atoms with Crippen LogP contribution < -0.4 is 0 Å². The molecule has 0 radical (unpaired) electrons. The number of alkyl halides is 3. The zero-order valence-electron chi connectivity index (χ0n) is 11.8. The summed E-state index contributed by atoms with van der Waals surface area (Å²) in [5.74, 6) is 0. The van der Waals surface area contributed by atoms with Gasteiger partial charge in [0.05, 0.1) is 13.2 Å². The predicted octanol–water partition coefficient (Wildman–Crippen LogP) is 4.00. The fraction of sp³-hybridized carbons (Fsp3) is 0.600. The van der Waals surface area contributed by atoms with E-state index in [-0.39, 0.29) is 23.7 Å². The van der Waals surface area contributed by atoms with Crippen LogP contribution in [0.1, 0.15) is 38.0 Å². The largest absolute Gasteiger partial charge is 0.418 e. The van der Waals surface area contributed by atoms with Gasteiger partial charge in [0.15, 0.2) is 6.10 Å². The van der Waals surface area contributed by atoms with Crippen molar-refractivity contribution in [1.29, 1.82) is 0 Å². The Bertz CT molecular complexity index is 442. The van der Waals surface area contributed by atoms with Crippen LogP contribution in [0, 0.1) is 0 Å². The van der Waals surface area contributed by atoms with Crippen molar-refractivity contribution in [2.45, 2.75) is 44.6 Å². The van der Waals surface area contributed by atoms with Crippen LogP contribution in [0.2, 0.25) is 0 Å². The first-order chi connectivity index (χ1) is 9.18. The van der Waals surface area contributed by atoms with Crippen LogP contribution >= 0.6 is 0 Å². The zero-order chi connectivity index (χ0) is 15.0. The highest BCUT2D eigenvalue weighted by Crippen LogP contribution is 2.37. The van der Waals surface area contributed by atoms with Gasteiger partial charge in [-0.1, -0.05) is 45.0 Å². The average Bonchev–Trinajstić information content (AvgIpc) is 3.11. The lowest BCUT2D eigenvalue weighted by Gasteiger charge is -2.23. The predicted molar refractivity (Wildman–Crippen MR) is 69.6 cm³/mol. The molecule has 1 aliphatic rings. The molecule has 1 aliphatic heterocycles. The summed E-state index contributed by atoms with van der Waals surface area (Å²) in [6.07, 6.45) is -6.49. The normalized spacial score (nSPS) is 20.8. The summed E-state index contributed by atoms with van der Waals surface area (Å²) in [4.78, 5) is 0. The molecule has 1 saturated heterocycles. The molecule has 2 nitrogen and oxygen atoms in total. The Morgan fingerprint density at radius 1 is 1.20 bits per heavy atom. The Morgan fingerprint density at radius 2 is 1.75 bits per heavy atom. The van der Waals surface area contributed by atoms with Gasteiger partial charge in [-0.2, -0.15) is 13.2 Å². The minimum atomic E-state index is -4.42. The minimum absolute atomic E-state index is 0.0226. The third-order valence-corrected chi connectivity index (χ3v) is 3.23. The lowest BCUT2D eigenvalue weighted by Crippen LogP contribution is -2.25. The van der Waals surface area contributed by atoms with E-state index in [1.165, 1.54) is 12.1 Å². The standard InChI is InChI=1S/C15H19F3O2/c1-14(2,3)11-6-4-10(5-7-11)13(15(16,17)18)20-9-12-8-19-12/h4-7,12-13H,8-9H2,1-3H3/t12-,13-/m1/s1. The Balaban J connectivity index is 2.15. The molecule has 0 bridgehead atoms. The second-order valence-electron chi connectivity index (χ2n) is 6.08. The van der Waals surface area contributed by atoms with Crippen LogP contribution in [-0.2, 0) is 14.9 Å². The van der Waals surface area contributed by atoms with Crippen molar-refractivity contribution in [1.82, 2.24) is 0 Å². The topological polar surface area (TPSA) is 21.8 Å². The number of benzene rings is 1. The molecule has 2 atom stereocenters. The number of hydrogen-bond acceptors (Lipinski definition) is 2. The Labute approximate surface area is 116 Å². The molecule has 2 rings (SSSR count). The molecule has 1 aromatic carbocycles. The van der Waals surface area contributed by atoms with E-state index in [2.05, 4.69) is 0 Å². The van der Waals surface area contributed by atoms with Gasteiger partial charge in [0.1, 0.15) is 6.10 Å². The Morgan fingerprint density at radius 3 is 2.15 bits per heavy atom. The van der Waals surface area contributed by atoms with Gasteiger partial charge in [-0.15, -0.1) is 0 Å². The highest BCUT2D eigenvalue weighted by Gasteiger charge is 2.43. The maximum Gasteiger partial charge on any atom is 0.418 e. The number of halogens is 3. The molecule has 20 heavy (non-hydrogen) atoms. The van der Waals surface area contributed by atoms with Crippen molar-refractivity contribution in [2.24, 2.45) is 0 Å². The van der Waals surface area contributed by atoms with E-state index in [9.17, 15) is 13.2 Å². The molecule has 1 aromatic rings. The molecule has 0 unspecified atom stereocenters. The van der Waals surface area contributed by atoms with Crippen LogP contribution in [0.4, 0.5) is 13.2 Å². The molecular weight excluding hydrogens is 269 g/mol. The maximum atomic E-state index is 13.0. The van der Waals surface area contributed by atoms with E-state index in [1.807, 2.05) is 20.8 Å². The number of epoxide rings is 1. The van der Waals surface area contributed by atoms with Gasteiger partial charge in [-0.05, 0) is 16.5 Å². The van der Waals surface area contributed by atoms with Gasteiger partial charge in [-0.3, -0.25) is 0 Å². The second-order valence-corrected chi connectivity index (χ2v) is 6.08. The average molecular weight is 288 g/mol. The van der Waals surface area contributed by atoms with Crippen LogP contribution in [-0.4, -0.2) is 25.5 Å². The SMILES string of the molecule is CC(C)(C)c1ccc([C@@H](OC[C@H]2CO2)C(F)(F)F)cc1. The van der Waals surface area contributed by atoms with E-state index < -0.39 is 12.3 Å². The maximum absolute atomic E-state index is 13.0. The molecule has 0 aliphatic carbocycles. The van der Waals surface area contributed by atoms with Crippen molar-refractivity contribution in [3.8, 4) is 0 Å². The summed E-state index contributed by atoms with van der Waals surface area (Å²) in [6, 6.07) is 6.44. The van der Waals surface area contributed by atoms with Crippen LogP contribution in [0.5, 0.6) is 0 Å². The van der Waals surface area contributed by atoms with Gasteiger partial charge < -0.3 is 9.47 Å². The first kappa shape index (κ1) is 15.3. The van der Waals surface area contributed by atoms with E-state index in [4.69, 9.17) is 9.47 Å². The molecule has 0 spiro atoms. The summed E-state index contributed by atoms with van der Waals surface area (Å²) in [6.45, 7) is 6.51. The number of ether oxygens (including phenoxy) is 2. The van der Waals surface area contributed by atoms with Gasteiger partial charge in [0.25, 0.3) is 0 Å². The molecule has 0 aromatic heterocycles. The van der Waals surface area contributed by atoms with Crippen molar-refractivity contribution in [3.05, 3.63) is 35.4 Å². The Kier molecular flexibility index (Phi) is 4.12. The molecule has 0 saturated carbocycles. The van der Waals surface area contributed by atoms with Gasteiger partial charge in [0, 0.05) is 0 Å². The second kappa shape index (κ2) is 5.37. The van der Waals surface area contributed by atoms with Crippen molar-refractivity contribution >= 4 is 0 Å². The highest BCUT2D eigenvalue weighted by molar-refractivity contribution is 5.29. The fourth-order valence-corrected chi connectivity index (χ4v) is 1.91. The van der Waals surface area contributed by atoms with Crippen LogP contribution in [0.3, 0.4) is 0 Å². The van der Waals surface area contributed by atoms with E-state index in [1.54, 1.807) is 12.1 Å². The number of hydrogen-bond donors (Lipinski definition) is 0. The van der Waals surface area contributed by atoms with Gasteiger partial charge >= 0.3 is 6.18 Å². The van der Waals surface area contributed by atoms with Crippen LogP contribution in [0.15, 0.2) is 24.3 Å². The van der Waals surface area contributed by atoms with E-state index in [0.29, 0.717) is 6.61 Å². The van der Waals surface area contributed by atoms with E-state index in [0.717, 1.165) is 5.56 Å². The van der Waals surface area contributed by atoms with Crippen molar-refractivity contribution < 1.29 is 22.6 Å². The summed E-state index contributed by atoms with van der Waals surface area (Å²) < 4.78 is 49.0. The molecule has 112 valence electrons. The fourth-order valence-electron chi connectivity index (χ4n) is 1.91. The lowest BCUT2D eigenvalue weighted by molar-refractivity contribution is -0.224. The summed E-state index contributed by atoms with van der Waals surface area (Å²) >= 11 is 0. The minimum Gasteiger partial charge on any atom is -0.371 e. The third kappa shape index (κ3) is 3.96. The monoisotopic (exact) mass is 288 g/mol. The smallest absolute Gasteiger partial charge is 0.371 e. The summed E-state index contributed by atoms with van der Waals surface area (Å²) in [5.41, 5.74) is 1.04. The van der Waals surface area contributed by atoms with Crippen molar-refractivity contribution in [2.75, 3.05) is 13.2 Å². The molecule has 1 heterocycles. The molecular formula is C15H19F3O2. The zero-order valence-corrected chi connectivity index (χ0v) is 11.8. The Hall–Kier alpha value is -1.07. The highest BCUT2D eigenvalue weighted by atomic mass is 19.4. The molecule has 0 amide bonds. The first-order valence-electron chi connectivity index (χ1n) is 6.58. The van der Waals surface area contributed by atoms with Crippen LogP contribution in [0.25, 0.3) is 0 Å². The lowest BCUT2D eigenvalue weighted by atomic mass is 9.86. The number of rotatable bonds is 4. The third-order valence-electron chi connectivity index (χ3n) is 3.23. The quantitative estimate of drug-likeness (QED) is 0.781. The summed E-state index contributed by atoms with van der Waals surface area (Å²) in [7, 11) is 0. The molecule has 0 N–H and O–H groups in total. The van der Waals surface area contributed by atoms with Gasteiger partial charge in [0.2, 0.25) is 0 Å². The van der Waals surface area contributed by atoms with Gasteiger partial charge in [-0.25, -0.2) is 0 Å².